The van der Waals surface area contributed by atoms with Crippen molar-refractivity contribution in [3.63, 3.8) is 0 Å². The van der Waals surface area contributed by atoms with E-state index in [2.05, 4.69) is 15.7 Å². The Labute approximate surface area is 152 Å². The number of carbonyl (C=O) groups is 1. The lowest BCUT2D eigenvalue weighted by Gasteiger charge is -2.17. The van der Waals surface area contributed by atoms with E-state index in [1.54, 1.807) is 12.1 Å². The third-order valence-electron chi connectivity index (χ3n) is 3.95. The molecule has 0 radical (unpaired) electrons. The predicted molar refractivity (Wildman–Crippen MR) is 90.7 cm³/mol. The second kappa shape index (κ2) is 7.06. The van der Waals surface area contributed by atoms with Crippen LogP contribution in [-0.2, 0) is 23.9 Å². The van der Waals surface area contributed by atoms with Gasteiger partial charge in [-0.2, -0.15) is 18.3 Å². The van der Waals surface area contributed by atoms with Gasteiger partial charge in [0.25, 0.3) is 0 Å². The zero-order valence-electron chi connectivity index (χ0n) is 13.8. The third kappa shape index (κ3) is 3.72. The third-order valence-corrected chi connectivity index (χ3v) is 4.18. The number of rotatable bonds is 4. The molecule has 1 aromatic carbocycles. The molecule has 0 saturated carbocycles. The molecule has 2 aromatic rings. The highest BCUT2D eigenvalue weighted by Crippen LogP contribution is 2.37. The highest BCUT2D eigenvalue weighted by Gasteiger charge is 2.40. The average molecular weight is 389 g/mol. The van der Waals surface area contributed by atoms with E-state index in [-0.39, 0.29) is 12.2 Å². The summed E-state index contributed by atoms with van der Waals surface area (Å²) >= 11 is 5.91. The van der Waals surface area contributed by atoms with Crippen molar-refractivity contribution in [1.82, 2.24) is 9.78 Å². The molecule has 0 unspecified atom stereocenters. The fraction of sp³-hybridized carbons (Fsp3) is 0.375. The van der Waals surface area contributed by atoms with Gasteiger partial charge < -0.3 is 15.4 Å². The van der Waals surface area contributed by atoms with Gasteiger partial charge >= 0.3 is 6.18 Å². The van der Waals surface area contributed by atoms with E-state index in [0.717, 1.165) is 4.68 Å². The molecular formula is C16H16ClF3N4O2. The highest BCUT2D eigenvalue weighted by molar-refractivity contribution is 6.31. The number of aromatic nitrogens is 2. The van der Waals surface area contributed by atoms with Crippen molar-refractivity contribution >= 4 is 28.9 Å². The summed E-state index contributed by atoms with van der Waals surface area (Å²) < 4.78 is 45.7. The van der Waals surface area contributed by atoms with Gasteiger partial charge in [0.1, 0.15) is 12.3 Å². The maximum atomic E-state index is 13.2. The summed E-state index contributed by atoms with van der Waals surface area (Å²) in [5, 5.41) is 9.33. The van der Waals surface area contributed by atoms with Crippen LogP contribution in [0.2, 0.25) is 5.02 Å². The zero-order chi connectivity index (χ0) is 18.9. The Bertz CT molecular complexity index is 836. The summed E-state index contributed by atoms with van der Waals surface area (Å²) in [7, 11) is 1.43. The number of fused-ring (bicyclic) bond motifs is 1. The summed E-state index contributed by atoms with van der Waals surface area (Å²) in [5.41, 5.74) is -0.339. The molecule has 10 heteroatoms. The molecule has 0 spiro atoms. The van der Waals surface area contributed by atoms with Crippen LogP contribution in [0.4, 0.5) is 24.5 Å². The van der Waals surface area contributed by atoms with Crippen molar-refractivity contribution in [2.45, 2.75) is 25.6 Å². The van der Waals surface area contributed by atoms with Crippen molar-refractivity contribution in [1.29, 1.82) is 0 Å². The number of nitrogens with zero attached hydrogens (tertiary/aromatic N) is 2. The summed E-state index contributed by atoms with van der Waals surface area (Å²) in [5.74, 6) is -0.141. The fourth-order valence-corrected chi connectivity index (χ4v) is 3.01. The number of halogens is 4. The van der Waals surface area contributed by atoms with Crippen LogP contribution in [0, 0.1) is 0 Å². The van der Waals surface area contributed by atoms with Crippen LogP contribution < -0.4 is 15.4 Å². The molecule has 1 amide bonds. The Balaban J connectivity index is 1.84. The lowest BCUT2D eigenvalue weighted by Crippen LogP contribution is -2.22. The molecule has 0 fully saturated rings. The van der Waals surface area contributed by atoms with Crippen LogP contribution in [0.5, 0.6) is 5.75 Å². The molecule has 0 atom stereocenters. The van der Waals surface area contributed by atoms with Gasteiger partial charge in [0.05, 0.1) is 24.2 Å². The summed E-state index contributed by atoms with van der Waals surface area (Å²) in [4.78, 5) is 12.3. The Kier molecular flexibility index (Phi) is 4.99. The normalized spacial score (nSPS) is 13.7. The molecule has 0 aliphatic carbocycles. The minimum absolute atomic E-state index is 0.0445. The molecule has 0 bridgehead atoms. The maximum absolute atomic E-state index is 13.2. The van der Waals surface area contributed by atoms with Crippen LogP contribution in [0.3, 0.4) is 0 Å². The predicted octanol–water partition coefficient (Wildman–Crippen LogP) is 3.56. The van der Waals surface area contributed by atoms with Gasteiger partial charge in [0, 0.05) is 11.6 Å². The van der Waals surface area contributed by atoms with E-state index >= 15 is 0 Å². The molecule has 2 N–H and O–H groups in total. The topological polar surface area (TPSA) is 68.2 Å². The first kappa shape index (κ1) is 18.4. The number of nitrogens with one attached hydrogen (secondary N) is 2. The van der Waals surface area contributed by atoms with Crippen molar-refractivity contribution in [3.8, 4) is 5.75 Å². The van der Waals surface area contributed by atoms with E-state index in [4.69, 9.17) is 16.3 Å². The largest absolute Gasteiger partial charge is 0.495 e. The second-order valence-electron chi connectivity index (χ2n) is 5.75. The lowest BCUT2D eigenvalue weighted by atomic mass is 10.1. The Hall–Kier alpha value is -2.42. The maximum Gasteiger partial charge on any atom is 0.437 e. The van der Waals surface area contributed by atoms with Gasteiger partial charge in [0.15, 0.2) is 5.69 Å². The minimum Gasteiger partial charge on any atom is -0.495 e. The van der Waals surface area contributed by atoms with Crippen LogP contribution in [0.15, 0.2) is 18.2 Å². The molecule has 1 aliphatic rings. The number of ether oxygens (including phenoxy) is 1. The first-order valence-electron chi connectivity index (χ1n) is 7.83. The Morgan fingerprint density at radius 3 is 2.92 bits per heavy atom. The quantitative estimate of drug-likeness (QED) is 0.840. The first-order valence-corrected chi connectivity index (χ1v) is 8.21. The van der Waals surface area contributed by atoms with Gasteiger partial charge in [-0.3, -0.25) is 9.48 Å². The van der Waals surface area contributed by atoms with Gasteiger partial charge in [0.2, 0.25) is 5.91 Å². The second-order valence-corrected chi connectivity index (χ2v) is 6.19. The molecule has 1 aromatic heterocycles. The molecule has 2 heterocycles. The number of anilines is 2. The number of methoxy groups -OCH3 is 1. The Morgan fingerprint density at radius 2 is 2.23 bits per heavy atom. The Morgan fingerprint density at radius 1 is 1.46 bits per heavy atom. The van der Waals surface area contributed by atoms with Crippen molar-refractivity contribution in [3.05, 3.63) is 34.6 Å². The lowest BCUT2D eigenvalue weighted by molar-refractivity contribution is -0.141. The minimum atomic E-state index is -4.59. The molecular weight excluding hydrogens is 373 g/mol. The monoisotopic (exact) mass is 388 g/mol. The molecule has 6 nitrogen and oxygen atoms in total. The molecule has 0 saturated heterocycles. The van der Waals surface area contributed by atoms with Crippen molar-refractivity contribution < 1.29 is 22.7 Å². The van der Waals surface area contributed by atoms with E-state index in [1.165, 1.54) is 13.2 Å². The number of benzene rings is 1. The standard InChI is InChI=1S/C16H16ClF3N4O2/c1-26-12-5-4-9(17)7-10(12)22-13(25)8-24-11-3-2-6-21-14(11)15(23-24)16(18,19)20/h4-5,7,21H,2-3,6,8H2,1H3,(H,22,25). The zero-order valence-corrected chi connectivity index (χ0v) is 14.5. The molecule has 1 aliphatic heterocycles. The summed E-state index contributed by atoms with van der Waals surface area (Å²) in [6.45, 7) is 0.0867. The van der Waals surface area contributed by atoms with Crippen LogP contribution >= 0.6 is 11.6 Å². The average Bonchev–Trinajstić information content (AvgIpc) is 2.94. The molecule has 140 valence electrons. The SMILES string of the molecule is COc1ccc(Cl)cc1NC(=O)Cn1nc(C(F)(F)F)c2c1CCCN2. The van der Waals surface area contributed by atoms with Gasteiger partial charge in [-0.05, 0) is 31.0 Å². The van der Waals surface area contributed by atoms with Crippen molar-refractivity contribution in [2.24, 2.45) is 0 Å². The molecule has 3 rings (SSSR count). The molecule has 26 heavy (non-hydrogen) atoms. The van der Waals surface area contributed by atoms with E-state index in [0.29, 0.717) is 41.5 Å². The van der Waals surface area contributed by atoms with Crippen LogP contribution in [-0.4, -0.2) is 29.3 Å². The number of hydrogen-bond donors (Lipinski definition) is 2. The van der Waals surface area contributed by atoms with Crippen molar-refractivity contribution in [2.75, 3.05) is 24.3 Å². The number of alkyl halides is 3. The van der Waals surface area contributed by atoms with E-state index in [9.17, 15) is 18.0 Å². The van der Waals surface area contributed by atoms with E-state index in [1.807, 2.05) is 0 Å². The smallest absolute Gasteiger partial charge is 0.437 e. The summed E-state index contributed by atoms with van der Waals surface area (Å²) in [6, 6.07) is 4.68. The van der Waals surface area contributed by atoms with Gasteiger partial charge in [-0.1, -0.05) is 11.6 Å². The number of hydrogen-bond acceptors (Lipinski definition) is 4. The van der Waals surface area contributed by atoms with Crippen LogP contribution in [0.25, 0.3) is 0 Å². The fourth-order valence-electron chi connectivity index (χ4n) is 2.84. The first-order chi connectivity index (χ1) is 12.3. The van der Waals surface area contributed by atoms with Crippen LogP contribution in [0.1, 0.15) is 17.8 Å². The number of amides is 1. The number of carbonyl (C=O) groups excluding carboxylic acids is 1. The van der Waals surface area contributed by atoms with E-state index < -0.39 is 17.8 Å². The highest BCUT2D eigenvalue weighted by atomic mass is 35.5. The van der Waals surface area contributed by atoms with Gasteiger partial charge in [-0.15, -0.1) is 0 Å². The summed E-state index contributed by atoms with van der Waals surface area (Å²) in [6.07, 6.45) is -3.51. The van der Waals surface area contributed by atoms with Gasteiger partial charge in [-0.25, -0.2) is 0 Å².